The minimum atomic E-state index is -0.771. The van der Waals surface area contributed by atoms with Gasteiger partial charge in [-0.05, 0) is 64.2 Å². The van der Waals surface area contributed by atoms with E-state index in [1.807, 2.05) is 0 Å². The van der Waals surface area contributed by atoms with E-state index in [1.54, 1.807) is 0 Å². The van der Waals surface area contributed by atoms with Gasteiger partial charge in [0, 0.05) is 19.3 Å². The molecule has 0 bridgehead atoms. The third kappa shape index (κ3) is 50.7. The van der Waals surface area contributed by atoms with Gasteiger partial charge in [-0.2, -0.15) is 0 Å². The third-order valence-electron chi connectivity index (χ3n) is 12.4. The molecule has 0 aromatic rings. The zero-order valence-electron chi connectivity index (χ0n) is 42.4. The maximum Gasteiger partial charge on any atom is 0.306 e. The molecule has 0 saturated carbocycles. The molecular formula is C57H106O6. The van der Waals surface area contributed by atoms with E-state index in [4.69, 9.17) is 14.2 Å². The summed E-state index contributed by atoms with van der Waals surface area (Å²) in [6, 6.07) is 0. The second-order valence-electron chi connectivity index (χ2n) is 18.8. The molecule has 0 amide bonds. The third-order valence-corrected chi connectivity index (χ3v) is 12.4. The predicted molar refractivity (Wildman–Crippen MR) is 270 cm³/mol. The first kappa shape index (κ1) is 60.9. The van der Waals surface area contributed by atoms with Gasteiger partial charge in [0.15, 0.2) is 6.10 Å². The normalized spacial score (nSPS) is 12.1. The van der Waals surface area contributed by atoms with Crippen molar-refractivity contribution < 1.29 is 28.6 Å². The Balaban J connectivity index is 4.31. The molecule has 1 unspecified atom stereocenters. The van der Waals surface area contributed by atoms with E-state index >= 15 is 0 Å². The molecule has 0 rings (SSSR count). The van der Waals surface area contributed by atoms with Gasteiger partial charge in [-0.15, -0.1) is 0 Å². The van der Waals surface area contributed by atoms with Crippen molar-refractivity contribution in [1.82, 2.24) is 0 Å². The Morgan fingerprint density at radius 3 is 0.841 bits per heavy atom. The summed E-state index contributed by atoms with van der Waals surface area (Å²) in [5.74, 6) is -0.869. The quantitative estimate of drug-likeness (QED) is 0.0262. The van der Waals surface area contributed by atoms with Crippen molar-refractivity contribution in [3.8, 4) is 0 Å². The molecule has 0 aliphatic carbocycles. The van der Waals surface area contributed by atoms with E-state index in [-0.39, 0.29) is 31.1 Å². The Hall–Kier alpha value is -2.11. The van der Waals surface area contributed by atoms with Crippen LogP contribution in [0.3, 0.4) is 0 Å². The Kier molecular flexibility index (Phi) is 50.8. The zero-order chi connectivity index (χ0) is 45.8. The van der Waals surface area contributed by atoms with E-state index < -0.39 is 6.10 Å². The summed E-state index contributed by atoms with van der Waals surface area (Å²) in [5, 5.41) is 0. The van der Waals surface area contributed by atoms with Gasteiger partial charge >= 0.3 is 17.9 Å². The fraction of sp³-hybridized carbons (Fsp3) is 0.877. The maximum absolute atomic E-state index is 12.8. The van der Waals surface area contributed by atoms with Crippen LogP contribution in [0.4, 0.5) is 0 Å². The van der Waals surface area contributed by atoms with E-state index in [0.717, 1.165) is 64.2 Å². The molecule has 0 aromatic heterocycles. The van der Waals surface area contributed by atoms with Crippen LogP contribution in [-0.2, 0) is 28.6 Å². The summed E-state index contributed by atoms with van der Waals surface area (Å²) in [6.07, 6.45) is 60.2. The summed E-state index contributed by atoms with van der Waals surface area (Å²) >= 11 is 0. The van der Waals surface area contributed by atoms with Gasteiger partial charge in [-0.25, -0.2) is 0 Å². The maximum atomic E-state index is 12.8. The SMILES string of the molecule is CCCC/C=C\CCCCCCCC(=O)OCC(COC(=O)CCCCCCCCC/C=C\CCCCCCCC)OC(=O)CCCCCCCCCCCCCCCCCCC. The van der Waals surface area contributed by atoms with Gasteiger partial charge in [0.05, 0.1) is 0 Å². The minimum absolute atomic E-state index is 0.0722. The number of unbranched alkanes of at least 4 members (excludes halogenated alkanes) is 36. The second-order valence-corrected chi connectivity index (χ2v) is 18.8. The van der Waals surface area contributed by atoms with Gasteiger partial charge in [0.1, 0.15) is 13.2 Å². The van der Waals surface area contributed by atoms with Crippen molar-refractivity contribution in [3.63, 3.8) is 0 Å². The van der Waals surface area contributed by atoms with E-state index in [9.17, 15) is 14.4 Å². The molecule has 6 nitrogen and oxygen atoms in total. The molecule has 0 spiro atoms. The predicted octanol–water partition coefficient (Wildman–Crippen LogP) is 18.3. The lowest BCUT2D eigenvalue weighted by molar-refractivity contribution is -0.167. The highest BCUT2D eigenvalue weighted by atomic mass is 16.6. The molecule has 0 aromatic carbocycles. The van der Waals surface area contributed by atoms with Gasteiger partial charge < -0.3 is 14.2 Å². The monoisotopic (exact) mass is 887 g/mol. The van der Waals surface area contributed by atoms with Crippen molar-refractivity contribution in [2.24, 2.45) is 0 Å². The fourth-order valence-corrected chi connectivity index (χ4v) is 8.18. The van der Waals surface area contributed by atoms with E-state index in [1.165, 1.54) is 199 Å². The number of hydrogen-bond donors (Lipinski definition) is 0. The van der Waals surface area contributed by atoms with Crippen molar-refractivity contribution in [2.75, 3.05) is 13.2 Å². The lowest BCUT2D eigenvalue weighted by atomic mass is 10.0. The highest BCUT2D eigenvalue weighted by Gasteiger charge is 2.19. The van der Waals surface area contributed by atoms with Crippen LogP contribution in [0.25, 0.3) is 0 Å². The Bertz CT molecular complexity index is 1020. The molecule has 0 heterocycles. The van der Waals surface area contributed by atoms with E-state index in [2.05, 4.69) is 45.1 Å². The lowest BCUT2D eigenvalue weighted by Gasteiger charge is -2.18. The molecule has 0 fully saturated rings. The van der Waals surface area contributed by atoms with Crippen LogP contribution in [0.5, 0.6) is 0 Å². The van der Waals surface area contributed by atoms with Crippen LogP contribution in [0.1, 0.15) is 303 Å². The standard InChI is InChI=1S/C57H106O6/c1-4-7-10-13-16-19-22-24-26-28-30-32-35-38-41-44-47-50-56(59)62-53-54(52-61-55(58)49-46-43-40-37-34-21-18-15-12-9-6-3)63-57(60)51-48-45-42-39-36-33-31-29-27-25-23-20-17-14-11-8-5-2/h15,18,24,26,54H,4-14,16-17,19-23,25,27-53H2,1-3H3/b18-15-,26-24-. The second kappa shape index (κ2) is 52.5. The summed E-state index contributed by atoms with van der Waals surface area (Å²) in [5.41, 5.74) is 0. The number of hydrogen-bond acceptors (Lipinski definition) is 6. The Morgan fingerprint density at radius 1 is 0.302 bits per heavy atom. The first-order chi connectivity index (χ1) is 31.0. The highest BCUT2D eigenvalue weighted by Crippen LogP contribution is 2.16. The van der Waals surface area contributed by atoms with Crippen molar-refractivity contribution in [3.05, 3.63) is 24.3 Å². The topological polar surface area (TPSA) is 78.9 Å². The summed E-state index contributed by atoms with van der Waals surface area (Å²) < 4.78 is 16.8. The number of esters is 3. The zero-order valence-corrected chi connectivity index (χ0v) is 42.4. The highest BCUT2D eigenvalue weighted by molar-refractivity contribution is 5.71. The number of rotatable bonds is 51. The Morgan fingerprint density at radius 2 is 0.540 bits per heavy atom. The van der Waals surface area contributed by atoms with Gasteiger partial charge in [0.25, 0.3) is 0 Å². The van der Waals surface area contributed by atoms with Crippen LogP contribution in [0, 0.1) is 0 Å². The van der Waals surface area contributed by atoms with E-state index in [0.29, 0.717) is 19.3 Å². The fourth-order valence-electron chi connectivity index (χ4n) is 8.18. The summed E-state index contributed by atoms with van der Waals surface area (Å²) in [7, 11) is 0. The van der Waals surface area contributed by atoms with Crippen LogP contribution in [0.2, 0.25) is 0 Å². The van der Waals surface area contributed by atoms with Crippen molar-refractivity contribution >= 4 is 17.9 Å². The van der Waals surface area contributed by atoms with Crippen LogP contribution >= 0.6 is 0 Å². The smallest absolute Gasteiger partial charge is 0.306 e. The molecule has 1 atom stereocenters. The molecule has 0 saturated heterocycles. The molecule has 63 heavy (non-hydrogen) atoms. The van der Waals surface area contributed by atoms with Crippen LogP contribution < -0.4 is 0 Å². The van der Waals surface area contributed by atoms with Crippen molar-refractivity contribution in [1.29, 1.82) is 0 Å². The van der Waals surface area contributed by atoms with Gasteiger partial charge in [-0.1, -0.05) is 244 Å². The summed E-state index contributed by atoms with van der Waals surface area (Å²) in [6.45, 7) is 6.63. The van der Waals surface area contributed by atoms with Crippen LogP contribution in [-0.4, -0.2) is 37.2 Å². The van der Waals surface area contributed by atoms with Crippen molar-refractivity contribution in [2.45, 2.75) is 309 Å². The molecule has 0 N–H and O–H groups in total. The molecule has 0 aliphatic rings. The molecule has 6 heteroatoms. The number of allylic oxidation sites excluding steroid dienone is 4. The Labute approximate surface area is 392 Å². The first-order valence-corrected chi connectivity index (χ1v) is 27.8. The number of carbonyl (C=O) groups is 3. The summed E-state index contributed by atoms with van der Waals surface area (Å²) in [4.78, 5) is 38.0. The first-order valence-electron chi connectivity index (χ1n) is 27.8. The largest absolute Gasteiger partial charge is 0.462 e. The average Bonchev–Trinajstić information content (AvgIpc) is 3.28. The lowest BCUT2D eigenvalue weighted by Crippen LogP contribution is -2.30. The minimum Gasteiger partial charge on any atom is -0.462 e. The van der Waals surface area contributed by atoms with Gasteiger partial charge in [0.2, 0.25) is 0 Å². The molecular weight excluding hydrogens is 781 g/mol. The van der Waals surface area contributed by atoms with Crippen LogP contribution in [0.15, 0.2) is 24.3 Å². The molecule has 0 radical (unpaired) electrons. The number of ether oxygens (including phenoxy) is 3. The van der Waals surface area contributed by atoms with Gasteiger partial charge in [-0.3, -0.25) is 14.4 Å². The molecule has 0 aliphatic heterocycles. The average molecular weight is 887 g/mol. The molecule has 370 valence electrons. The number of carbonyl (C=O) groups excluding carboxylic acids is 3.